The number of thioether (sulfide) groups is 1. The first-order valence-corrected chi connectivity index (χ1v) is 12.5. The van der Waals surface area contributed by atoms with E-state index in [0.29, 0.717) is 5.16 Å². The summed E-state index contributed by atoms with van der Waals surface area (Å²) in [5.41, 5.74) is 6.59. The number of para-hydroxylation sites is 1. The van der Waals surface area contributed by atoms with E-state index in [9.17, 15) is 4.79 Å². The Morgan fingerprint density at radius 3 is 2.47 bits per heavy atom. The minimum Gasteiger partial charge on any atom is -0.497 e. The largest absolute Gasteiger partial charge is 0.497 e. The monoisotopic (exact) mass is 499 g/mol. The third kappa shape index (κ3) is 6.20. The van der Waals surface area contributed by atoms with E-state index < -0.39 is 0 Å². The van der Waals surface area contributed by atoms with Gasteiger partial charge in [-0.25, -0.2) is 5.43 Å². The second kappa shape index (κ2) is 11.2. The van der Waals surface area contributed by atoms with E-state index in [0.717, 1.165) is 28.4 Å². The lowest BCUT2D eigenvalue weighted by atomic mass is 9.87. The number of hydrazone groups is 1. The molecule has 4 rings (SSSR count). The Bertz CT molecular complexity index is 1340. The number of aromatic nitrogens is 3. The lowest BCUT2D eigenvalue weighted by Gasteiger charge is -2.19. The number of hydrogen-bond acceptors (Lipinski definition) is 6. The zero-order valence-corrected chi connectivity index (χ0v) is 21.6. The lowest BCUT2D eigenvalue weighted by Crippen LogP contribution is -2.20. The molecule has 0 atom stereocenters. The molecule has 4 aromatic rings. The molecule has 184 valence electrons. The van der Waals surface area contributed by atoms with Crippen LogP contribution in [0.1, 0.15) is 31.9 Å². The van der Waals surface area contributed by atoms with E-state index in [1.165, 1.54) is 17.3 Å². The average molecular weight is 500 g/mol. The summed E-state index contributed by atoms with van der Waals surface area (Å²) in [6.45, 7) is 6.57. The smallest absolute Gasteiger partial charge is 0.250 e. The van der Waals surface area contributed by atoms with Gasteiger partial charge in [-0.05, 0) is 40.8 Å². The van der Waals surface area contributed by atoms with Gasteiger partial charge in [0.25, 0.3) is 5.91 Å². The maximum Gasteiger partial charge on any atom is 0.250 e. The number of amides is 1. The van der Waals surface area contributed by atoms with Crippen LogP contribution in [0.15, 0.2) is 89.1 Å². The number of nitrogens with one attached hydrogen (secondary N) is 1. The summed E-state index contributed by atoms with van der Waals surface area (Å²) in [6.07, 6.45) is 1.58. The molecule has 1 N–H and O–H groups in total. The first-order chi connectivity index (χ1) is 17.3. The third-order valence-electron chi connectivity index (χ3n) is 5.49. The van der Waals surface area contributed by atoms with Crippen LogP contribution < -0.4 is 10.2 Å². The summed E-state index contributed by atoms with van der Waals surface area (Å²) >= 11 is 1.31. The number of benzene rings is 3. The quantitative estimate of drug-likeness (QED) is 0.197. The van der Waals surface area contributed by atoms with Crippen LogP contribution in [-0.2, 0) is 10.2 Å². The van der Waals surface area contributed by atoms with Crippen molar-refractivity contribution in [1.29, 1.82) is 0 Å². The highest BCUT2D eigenvalue weighted by molar-refractivity contribution is 7.99. The number of hydrogen-bond donors (Lipinski definition) is 1. The van der Waals surface area contributed by atoms with Crippen LogP contribution >= 0.6 is 11.8 Å². The summed E-state index contributed by atoms with van der Waals surface area (Å²) in [7, 11) is 1.61. The van der Waals surface area contributed by atoms with Crippen molar-refractivity contribution in [2.75, 3.05) is 12.9 Å². The van der Waals surface area contributed by atoms with Crippen molar-refractivity contribution in [1.82, 2.24) is 20.2 Å². The molecule has 0 saturated heterocycles. The van der Waals surface area contributed by atoms with Gasteiger partial charge in [0.05, 0.1) is 19.1 Å². The fraction of sp³-hybridized carbons (Fsp3) is 0.214. The van der Waals surface area contributed by atoms with Gasteiger partial charge in [-0.1, -0.05) is 87.1 Å². The predicted molar refractivity (Wildman–Crippen MR) is 145 cm³/mol. The van der Waals surface area contributed by atoms with Crippen molar-refractivity contribution in [3.05, 3.63) is 90.0 Å². The van der Waals surface area contributed by atoms with Crippen LogP contribution in [0.4, 0.5) is 0 Å². The molecule has 1 aromatic heterocycles. The highest BCUT2D eigenvalue weighted by Gasteiger charge is 2.19. The molecule has 0 bridgehead atoms. The van der Waals surface area contributed by atoms with Crippen LogP contribution in [0, 0.1) is 0 Å². The van der Waals surface area contributed by atoms with E-state index in [1.54, 1.807) is 13.3 Å². The first kappa shape index (κ1) is 25.2. The molecule has 0 fully saturated rings. The summed E-state index contributed by atoms with van der Waals surface area (Å²) in [4.78, 5) is 12.5. The number of carbonyl (C=O) groups is 1. The average Bonchev–Trinajstić information content (AvgIpc) is 3.32. The molecule has 0 saturated carbocycles. The number of rotatable bonds is 8. The van der Waals surface area contributed by atoms with Gasteiger partial charge in [0, 0.05) is 11.3 Å². The summed E-state index contributed by atoms with van der Waals surface area (Å²) < 4.78 is 7.18. The normalized spacial score (nSPS) is 11.6. The lowest BCUT2D eigenvalue weighted by molar-refractivity contribution is -0.118. The van der Waals surface area contributed by atoms with E-state index in [4.69, 9.17) is 4.74 Å². The standard InChI is InChI=1S/C28H29N5O2S/c1-28(2,3)22-15-13-21(14-16-22)26-31-32-27(33(26)23-10-6-5-7-11-23)36-19-25(34)30-29-18-20-9-8-12-24(17-20)35-4/h5-18H,19H2,1-4H3,(H,30,34)/b29-18+. The maximum atomic E-state index is 12.5. The molecular formula is C28H29N5O2S. The molecule has 0 aliphatic heterocycles. The fourth-order valence-corrected chi connectivity index (χ4v) is 4.29. The predicted octanol–water partition coefficient (Wildman–Crippen LogP) is 5.48. The van der Waals surface area contributed by atoms with Crippen LogP contribution in [0.2, 0.25) is 0 Å². The van der Waals surface area contributed by atoms with Crippen molar-refractivity contribution in [3.8, 4) is 22.8 Å². The van der Waals surface area contributed by atoms with E-state index in [2.05, 4.69) is 65.8 Å². The van der Waals surface area contributed by atoms with Gasteiger partial charge in [-0.3, -0.25) is 9.36 Å². The van der Waals surface area contributed by atoms with Crippen LogP contribution in [0.25, 0.3) is 17.1 Å². The van der Waals surface area contributed by atoms with Gasteiger partial charge >= 0.3 is 0 Å². The first-order valence-electron chi connectivity index (χ1n) is 11.6. The fourth-order valence-electron chi connectivity index (χ4n) is 3.54. The van der Waals surface area contributed by atoms with Crippen LogP contribution in [0.5, 0.6) is 5.75 Å². The highest BCUT2D eigenvalue weighted by Crippen LogP contribution is 2.30. The topological polar surface area (TPSA) is 81.4 Å². The number of methoxy groups -OCH3 is 1. The molecule has 3 aromatic carbocycles. The zero-order chi connectivity index (χ0) is 25.5. The SMILES string of the molecule is COc1cccc(/C=N/NC(=O)CSc2nnc(-c3ccc(C(C)(C)C)cc3)n2-c2ccccc2)c1. The highest BCUT2D eigenvalue weighted by atomic mass is 32.2. The van der Waals surface area contributed by atoms with Gasteiger partial charge in [-0.15, -0.1) is 10.2 Å². The van der Waals surface area contributed by atoms with E-state index in [1.807, 2.05) is 59.2 Å². The molecule has 0 radical (unpaired) electrons. The Balaban J connectivity index is 1.50. The molecule has 36 heavy (non-hydrogen) atoms. The molecule has 0 aliphatic carbocycles. The van der Waals surface area contributed by atoms with Crippen molar-refractivity contribution in [2.45, 2.75) is 31.3 Å². The molecule has 7 nitrogen and oxygen atoms in total. The Labute approximate surface area is 215 Å². The molecule has 1 heterocycles. The molecular weight excluding hydrogens is 470 g/mol. The van der Waals surface area contributed by atoms with E-state index >= 15 is 0 Å². The van der Waals surface area contributed by atoms with Crippen molar-refractivity contribution >= 4 is 23.9 Å². The van der Waals surface area contributed by atoms with Gasteiger partial charge in [0.15, 0.2) is 11.0 Å². The maximum absolute atomic E-state index is 12.5. The Kier molecular flexibility index (Phi) is 7.85. The number of ether oxygens (including phenoxy) is 1. The zero-order valence-electron chi connectivity index (χ0n) is 20.8. The molecule has 1 amide bonds. The van der Waals surface area contributed by atoms with Gasteiger partial charge in [0.1, 0.15) is 5.75 Å². The van der Waals surface area contributed by atoms with Crippen molar-refractivity contribution < 1.29 is 9.53 Å². The van der Waals surface area contributed by atoms with Gasteiger partial charge in [0.2, 0.25) is 0 Å². The number of nitrogens with zero attached hydrogens (tertiary/aromatic N) is 4. The summed E-state index contributed by atoms with van der Waals surface area (Å²) in [6, 6.07) is 25.7. The minimum absolute atomic E-state index is 0.0646. The second-order valence-electron chi connectivity index (χ2n) is 9.16. The third-order valence-corrected chi connectivity index (χ3v) is 6.41. The molecule has 0 aliphatic rings. The van der Waals surface area contributed by atoms with Crippen LogP contribution in [0.3, 0.4) is 0 Å². The Morgan fingerprint density at radius 1 is 1.03 bits per heavy atom. The minimum atomic E-state index is -0.238. The second-order valence-corrected chi connectivity index (χ2v) is 10.1. The molecule has 8 heteroatoms. The molecule has 0 unspecified atom stereocenters. The number of carbonyl (C=O) groups excluding carboxylic acids is 1. The van der Waals surface area contributed by atoms with Crippen molar-refractivity contribution in [3.63, 3.8) is 0 Å². The Morgan fingerprint density at radius 2 is 1.78 bits per heavy atom. The van der Waals surface area contributed by atoms with Crippen LogP contribution in [-0.4, -0.2) is 39.7 Å². The summed E-state index contributed by atoms with van der Waals surface area (Å²) in [5.74, 6) is 1.35. The molecule has 0 spiro atoms. The van der Waals surface area contributed by atoms with E-state index in [-0.39, 0.29) is 17.1 Å². The van der Waals surface area contributed by atoms with Gasteiger partial charge < -0.3 is 4.74 Å². The van der Waals surface area contributed by atoms with Gasteiger partial charge in [-0.2, -0.15) is 5.10 Å². The Hall–Kier alpha value is -3.91. The summed E-state index contributed by atoms with van der Waals surface area (Å²) in [5, 5.41) is 13.6. The van der Waals surface area contributed by atoms with Crippen molar-refractivity contribution in [2.24, 2.45) is 5.10 Å².